The molecule has 0 aliphatic carbocycles. The summed E-state index contributed by atoms with van der Waals surface area (Å²) in [5.74, 6) is 0.426. The van der Waals surface area contributed by atoms with E-state index in [9.17, 15) is 9.18 Å². The minimum absolute atomic E-state index is 0.102. The molecule has 6 heterocycles. The lowest BCUT2D eigenvalue weighted by molar-refractivity contribution is -0.123. The van der Waals surface area contributed by atoms with Crippen molar-refractivity contribution in [2.75, 3.05) is 5.32 Å². The number of carbonyl (C=O) groups is 1. The molecule has 9 nitrogen and oxygen atoms in total. The summed E-state index contributed by atoms with van der Waals surface area (Å²) in [4.78, 5) is 34.4. The van der Waals surface area contributed by atoms with Gasteiger partial charge >= 0.3 is 0 Å². The number of nitrogens with zero attached hydrogens (tertiary/aromatic N) is 5. The van der Waals surface area contributed by atoms with Crippen molar-refractivity contribution in [1.82, 2.24) is 35.1 Å². The maximum atomic E-state index is 13.7. The van der Waals surface area contributed by atoms with Crippen molar-refractivity contribution in [2.45, 2.75) is 20.8 Å². The molecule has 0 aliphatic rings. The second-order valence-corrected chi connectivity index (χ2v) is 10.6. The van der Waals surface area contributed by atoms with Gasteiger partial charge in [-0.3, -0.25) is 19.9 Å². The zero-order chi connectivity index (χ0) is 25.7. The van der Waals surface area contributed by atoms with Gasteiger partial charge in [0.25, 0.3) is 0 Å². The smallest absolute Gasteiger partial charge is 0.229 e. The molecule has 0 bridgehead atoms. The van der Waals surface area contributed by atoms with Gasteiger partial charge in [-0.1, -0.05) is 20.8 Å². The fourth-order valence-electron chi connectivity index (χ4n) is 3.91. The third kappa shape index (κ3) is 4.23. The molecule has 0 unspecified atom stereocenters. The highest BCUT2D eigenvalue weighted by Crippen LogP contribution is 2.34. The fraction of sp³-hybridized carbons (Fsp3) is 0.154. The van der Waals surface area contributed by atoms with Crippen LogP contribution in [0.15, 0.2) is 55.1 Å². The molecule has 0 fully saturated rings. The van der Waals surface area contributed by atoms with E-state index < -0.39 is 5.41 Å². The van der Waals surface area contributed by atoms with Crippen LogP contribution in [0.3, 0.4) is 0 Å². The normalized spacial score (nSPS) is 11.9. The summed E-state index contributed by atoms with van der Waals surface area (Å²) >= 11 is 1.07. The third-order valence-corrected chi connectivity index (χ3v) is 6.78. The number of pyridine rings is 3. The number of imidazole rings is 1. The van der Waals surface area contributed by atoms with Gasteiger partial charge in [0.2, 0.25) is 5.91 Å². The molecule has 0 aliphatic heterocycles. The summed E-state index contributed by atoms with van der Waals surface area (Å²) < 4.78 is 13.7. The topological polar surface area (TPSA) is 125 Å². The van der Waals surface area contributed by atoms with Crippen LogP contribution in [0.1, 0.15) is 20.8 Å². The van der Waals surface area contributed by atoms with Gasteiger partial charge in [-0.25, -0.2) is 9.97 Å². The number of anilines is 1. The number of aromatic amines is 2. The molecule has 0 saturated carbocycles. The summed E-state index contributed by atoms with van der Waals surface area (Å²) in [6.45, 7) is 5.56. The lowest BCUT2D eigenvalue weighted by atomic mass is 9.95. The van der Waals surface area contributed by atoms with Crippen molar-refractivity contribution in [3.63, 3.8) is 0 Å². The molecule has 184 valence electrons. The number of carbonyl (C=O) groups excluding carboxylic acids is 1. The first-order valence-electron chi connectivity index (χ1n) is 11.5. The van der Waals surface area contributed by atoms with E-state index in [4.69, 9.17) is 0 Å². The lowest BCUT2D eigenvalue weighted by Crippen LogP contribution is -2.27. The predicted molar refractivity (Wildman–Crippen MR) is 141 cm³/mol. The monoisotopic (exact) mass is 512 g/mol. The number of amides is 1. The van der Waals surface area contributed by atoms with Crippen LogP contribution in [0.5, 0.6) is 0 Å². The molecule has 0 radical (unpaired) electrons. The number of hydrogen-bond acceptors (Lipinski definition) is 7. The van der Waals surface area contributed by atoms with Crippen LogP contribution in [0, 0.1) is 10.5 Å². The van der Waals surface area contributed by atoms with Gasteiger partial charge in [-0.05, 0) is 30.3 Å². The van der Waals surface area contributed by atoms with Crippen molar-refractivity contribution < 1.29 is 9.18 Å². The summed E-state index contributed by atoms with van der Waals surface area (Å²) in [7, 11) is 0. The fourth-order valence-corrected chi connectivity index (χ4v) is 4.67. The Balaban J connectivity index is 1.40. The van der Waals surface area contributed by atoms with Gasteiger partial charge in [-0.15, -0.1) is 11.3 Å². The van der Waals surface area contributed by atoms with E-state index in [1.165, 1.54) is 6.07 Å². The highest BCUT2D eigenvalue weighted by Gasteiger charge is 2.22. The van der Waals surface area contributed by atoms with Crippen molar-refractivity contribution in [3.05, 3.63) is 60.3 Å². The number of halogens is 1. The molecular formula is C26H21FN8OS. The van der Waals surface area contributed by atoms with Crippen molar-refractivity contribution in [2.24, 2.45) is 5.41 Å². The van der Waals surface area contributed by atoms with Gasteiger partial charge in [0.05, 0.1) is 34.8 Å². The van der Waals surface area contributed by atoms with Crippen LogP contribution in [0.25, 0.3) is 55.3 Å². The molecule has 0 atom stereocenters. The highest BCUT2D eigenvalue weighted by molar-refractivity contribution is 7.14. The SMILES string of the molecule is CC(C)(C)C(=O)Nc1cncc(-c2cc3c(-c4nc5nccc(-c6ccc(F)s6)c5[nH]4)n[nH]c3cn2)c1. The quantitative estimate of drug-likeness (QED) is 0.274. The van der Waals surface area contributed by atoms with Crippen LogP contribution in [0.4, 0.5) is 10.1 Å². The zero-order valence-corrected chi connectivity index (χ0v) is 20.9. The number of hydrogen-bond donors (Lipinski definition) is 3. The number of nitrogens with one attached hydrogen (secondary N) is 3. The summed E-state index contributed by atoms with van der Waals surface area (Å²) in [5.41, 5.74) is 4.84. The average Bonchev–Trinajstić information content (AvgIpc) is 3.60. The Labute approximate surface area is 214 Å². The number of H-pyrrole nitrogens is 2. The largest absolute Gasteiger partial charge is 0.335 e. The highest BCUT2D eigenvalue weighted by atomic mass is 32.1. The van der Waals surface area contributed by atoms with E-state index in [1.54, 1.807) is 30.9 Å². The molecule has 3 N–H and O–H groups in total. The average molecular weight is 513 g/mol. The zero-order valence-electron chi connectivity index (χ0n) is 20.1. The van der Waals surface area contributed by atoms with Crippen LogP contribution in [-0.2, 0) is 4.79 Å². The van der Waals surface area contributed by atoms with Crippen LogP contribution in [-0.4, -0.2) is 41.0 Å². The first-order chi connectivity index (χ1) is 17.8. The third-order valence-electron chi connectivity index (χ3n) is 5.88. The molecule has 6 aromatic rings. The van der Waals surface area contributed by atoms with Crippen LogP contribution >= 0.6 is 11.3 Å². The van der Waals surface area contributed by atoms with E-state index in [0.29, 0.717) is 34.1 Å². The molecule has 6 rings (SSSR count). The maximum absolute atomic E-state index is 13.7. The Bertz CT molecular complexity index is 1800. The summed E-state index contributed by atoms with van der Waals surface area (Å²) in [5, 5.41) is 10.9. The Kier molecular flexibility index (Phi) is 5.30. The number of aromatic nitrogens is 7. The summed E-state index contributed by atoms with van der Waals surface area (Å²) in [6.07, 6.45) is 6.65. The Morgan fingerprint density at radius 1 is 1.08 bits per heavy atom. The Morgan fingerprint density at radius 3 is 2.73 bits per heavy atom. The van der Waals surface area contributed by atoms with E-state index in [0.717, 1.165) is 38.2 Å². The van der Waals surface area contributed by atoms with Gasteiger partial charge in [0, 0.05) is 39.2 Å². The standard InChI is InChI=1S/C26H21FN8OS/c1-26(2,3)25(36)31-14-8-13(10-28-11-14)17-9-16-18(12-30-17)34-35-22(16)24-32-21-15(6-7-29-23(21)33-24)19-4-5-20(27)37-19/h4-12H,1-3H3,(H,31,36)(H,34,35)(H,29,32,33). The van der Waals surface area contributed by atoms with E-state index >= 15 is 0 Å². The van der Waals surface area contributed by atoms with Crippen molar-refractivity contribution >= 4 is 45.0 Å². The molecule has 6 aromatic heterocycles. The van der Waals surface area contributed by atoms with Gasteiger partial charge in [0.1, 0.15) is 5.69 Å². The molecule has 0 aromatic carbocycles. The Morgan fingerprint density at radius 2 is 1.95 bits per heavy atom. The molecular weight excluding hydrogens is 491 g/mol. The van der Waals surface area contributed by atoms with Gasteiger partial charge in [0.15, 0.2) is 16.6 Å². The first kappa shape index (κ1) is 22.9. The predicted octanol–water partition coefficient (Wildman–Crippen LogP) is 5.81. The number of rotatable bonds is 4. The Hall–Kier alpha value is -4.51. The van der Waals surface area contributed by atoms with E-state index in [-0.39, 0.29) is 11.0 Å². The molecule has 1 amide bonds. The molecule has 11 heteroatoms. The van der Waals surface area contributed by atoms with Crippen molar-refractivity contribution in [1.29, 1.82) is 0 Å². The number of thiophene rings is 1. The second kappa shape index (κ2) is 8.56. The maximum Gasteiger partial charge on any atom is 0.229 e. The second-order valence-electron chi connectivity index (χ2n) is 9.60. The minimum atomic E-state index is -0.530. The van der Waals surface area contributed by atoms with E-state index in [2.05, 4.69) is 40.4 Å². The van der Waals surface area contributed by atoms with Gasteiger partial charge < -0.3 is 10.3 Å². The minimum Gasteiger partial charge on any atom is -0.335 e. The summed E-state index contributed by atoms with van der Waals surface area (Å²) in [6, 6.07) is 8.75. The first-order valence-corrected chi connectivity index (χ1v) is 12.3. The lowest BCUT2D eigenvalue weighted by Gasteiger charge is -2.17. The van der Waals surface area contributed by atoms with Crippen LogP contribution < -0.4 is 5.32 Å². The van der Waals surface area contributed by atoms with E-state index in [1.807, 2.05) is 39.0 Å². The van der Waals surface area contributed by atoms with Crippen LogP contribution in [0.2, 0.25) is 0 Å². The molecule has 0 saturated heterocycles. The molecule has 37 heavy (non-hydrogen) atoms. The van der Waals surface area contributed by atoms with Crippen molar-refractivity contribution in [3.8, 4) is 33.2 Å². The van der Waals surface area contributed by atoms with Gasteiger partial charge in [-0.2, -0.15) is 9.49 Å². The molecule has 0 spiro atoms. The number of fused-ring (bicyclic) bond motifs is 2.